The average molecular weight is 357 g/mol. The Morgan fingerprint density at radius 1 is 0.815 bits per heavy atom. The van der Waals surface area contributed by atoms with E-state index in [1.807, 2.05) is 42.5 Å². The number of para-hydroxylation sites is 1. The van der Waals surface area contributed by atoms with E-state index in [0.717, 1.165) is 29.7 Å². The molecule has 2 aromatic carbocycles. The predicted molar refractivity (Wildman–Crippen MR) is 105 cm³/mol. The van der Waals surface area contributed by atoms with Gasteiger partial charge in [0.15, 0.2) is 0 Å². The first kappa shape index (κ1) is 17.0. The number of hydrogen-bond acceptors (Lipinski definition) is 3. The van der Waals surface area contributed by atoms with Gasteiger partial charge >= 0.3 is 0 Å². The Hall–Kier alpha value is -3.47. The molecule has 4 rings (SSSR count). The van der Waals surface area contributed by atoms with Gasteiger partial charge in [-0.2, -0.15) is 0 Å². The topological polar surface area (TPSA) is 71.1 Å². The SMILES string of the molecule is O=C(Nc1ccccc1)c1cncc(-c2ccc(C(=O)NC3CC3)cc2)c1. The molecule has 134 valence electrons. The van der Waals surface area contributed by atoms with Crippen molar-refractivity contribution in [3.63, 3.8) is 0 Å². The predicted octanol–water partition coefficient (Wildman–Crippen LogP) is 3.89. The fourth-order valence-corrected chi connectivity index (χ4v) is 2.76. The molecule has 5 nitrogen and oxygen atoms in total. The summed E-state index contributed by atoms with van der Waals surface area (Å²) in [6.07, 6.45) is 5.37. The second-order valence-electron chi connectivity index (χ2n) is 6.61. The largest absolute Gasteiger partial charge is 0.349 e. The number of pyridine rings is 1. The molecule has 0 atom stereocenters. The van der Waals surface area contributed by atoms with Crippen LogP contribution in [-0.2, 0) is 0 Å². The number of nitrogens with one attached hydrogen (secondary N) is 2. The van der Waals surface area contributed by atoms with Gasteiger partial charge in [0, 0.05) is 35.2 Å². The van der Waals surface area contributed by atoms with Crippen molar-refractivity contribution in [2.45, 2.75) is 18.9 Å². The van der Waals surface area contributed by atoms with Gasteiger partial charge in [0.2, 0.25) is 0 Å². The Kier molecular flexibility index (Phi) is 4.66. The second-order valence-corrected chi connectivity index (χ2v) is 6.61. The number of benzene rings is 2. The summed E-state index contributed by atoms with van der Waals surface area (Å²) in [5, 5.41) is 5.83. The number of amides is 2. The van der Waals surface area contributed by atoms with Gasteiger partial charge in [-0.15, -0.1) is 0 Å². The number of rotatable bonds is 5. The maximum atomic E-state index is 12.4. The van der Waals surface area contributed by atoms with E-state index >= 15 is 0 Å². The zero-order chi connectivity index (χ0) is 18.6. The number of carbonyl (C=O) groups is 2. The van der Waals surface area contributed by atoms with E-state index in [1.165, 1.54) is 0 Å². The Morgan fingerprint density at radius 3 is 2.26 bits per heavy atom. The van der Waals surface area contributed by atoms with Crippen LogP contribution in [0.15, 0.2) is 73.1 Å². The van der Waals surface area contributed by atoms with Crippen LogP contribution in [-0.4, -0.2) is 22.8 Å². The molecule has 1 saturated carbocycles. The summed E-state index contributed by atoms with van der Waals surface area (Å²) in [5.74, 6) is -0.255. The molecule has 5 heteroatoms. The van der Waals surface area contributed by atoms with Crippen molar-refractivity contribution in [1.82, 2.24) is 10.3 Å². The van der Waals surface area contributed by atoms with E-state index in [4.69, 9.17) is 0 Å². The quantitative estimate of drug-likeness (QED) is 0.728. The van der Waals surface area contributed by atoms with Crippen LogP contribution in [0.3, 0.4) is 0 Å². The molecule has 0 bridgehead atoms. The molecule has 27 heavy (non-hydrogen) atoms. The van der Waals surface area contributed by atoms with Crippen LogP contribution in [0.1, 0.15) is 33.6 Å². The number of aromatic nitrogens is 1. The van der Waals surface area contributed by atoms with Crippen LogP contribution in [0.4, 0.5) is 5.69 Å². The third-order valence-corrected chi connectivity index (χ3v) is 4.43. The molecule has 1 aliphatic carbocycles. The average Bonchev–Trinajstić information content (AvgIpc) is 3.53. The maximum Gasteiger partial charge on any atom is 0.257 e. The molecule has 1 aliphatic rings. The minimum absolute atomic E-state index is 0.0434. The maximum absolute atomic E-state index is 12.4. The number of nitrogens with zero attached hydrogens (tertiary/aromatic N) is 1. The second kappa shape index (κ2) is 7.41. The smallest absolute Gasteiger partial charge is 0.257 e. The summed E-state index contributed by atoms with van der Waals surface area (Å²) in [4.78, 5) is 28.7. The van der Waals surface area contributed by atoms with Gasteiger partial charge in [0.1, 0.15) is 0 Å². The molecule has 2 amide bonds. The van der Waals surface area contributed by atoms with Crippen LogP contribution < -0.4 is 10.6 Å². The number of hydrogen-bond donors (Lipinski definition) is 2. The van der Waals surface area contributed by atoms with Crippen LogP contribution in [0.25, 0.3) is 11.1 Å². The minimum atomic E-state index is -0.212. The van der Waals surface area contributed by atoms with Gasteiger partial charge < -0.3 is 10.6 Å². The molecule has 2 N–H and O–H groups in total. The van der Waals surface area contributed by atoms with Crippen molar-refractivity contribution in [3.05, 3.63) is 84.2 Å². The van der Waals surface area contributed by atoms with Crippen molar-refractivity contribution in [2.75, 3.05) is 5.32 Å². The highest BCUT2D eigenvalue weighted by molar-refractivity contribution is 6.04. The Balaban J connectivity index is 1.49. The Bertz CT molecular complexity index is 964. The minimum Gasteiger partial charge on any atom is -0.349 e. The highest BCUT2D eigenvalue weighted by Crippen LogP contribution is 2.22. The summed E-state index contributed by atoms with van der Waals surface area (Å²) in [5.41, 5.74) is 3.58. The summed E-state index contributed by atoms with van der Waals surface area (Å²) in [7, 11) is 0. The van der Waals surface area contributed by atoms with E-state index in [0.29, 0.717) is 17.2 Å². The lowest BCUT2D eigenvalue weighted by molar-refractivity contribution is 0.0950. The summed E-state index contributed by atoms with van der Waals surface area (Å²) < 4.78 is 0. The van der Waals surface area contributed by atoms with Crippen LogP contribution in [0.2, 0.25) is 0 Å². The molecule has 0 saturated heterocycles. The lowest BCUT2D eigenvalue weighted by Gasteiger charge is -2.08. The fraction of sp³-hybridized carbons (Fsp3) is 0.136. The Labute approximate surface area is 157 Å². The van der Waals surface area contributed by atoms with Crippen LogP contribution in [0.5, 0.6) is 0 Å². The highest BCUT2D eigenvalue weighted by Gasteiger charge is 2.23. The first-order chi connectivity index (χ1) is 13.2. The van der Waals surface area contributed by atoms with Crippen molar-refractivity contribution in [1.29, 1.82) is 0 Å². The molecule has 3 aromatic rings. The molecule has 0 aliphatic heterocycles. The molecule has 1 aromatic heterocycles. The standard InChI is InChI=1S/C22H19N3O2/c26-21(25-20-10-11-20)16-8-6-15(7-9-16)17-12-18(14-23-13-17)22(27)24-19-4-2-1-3-5-19/h1-9,12-14,20H,10-11H2,(H,24,27)(H,25,26). The summed E-state index contributed by atoms with van der Waals surface area (Å²) >= 11 is 0. The van der Waals surface area contributed by atoms with Crippen molar-refractivity contribution >= 4 is 17.5 Å². The van der Waals surface area contributed by atoms with E-state index in [-0.39, 0.29) is 11.8 Å². The van der Waals surface area contributed by atoms with Gasteiger partial charge in [-0.3, -0.25) is 14.6 Å². The zero-order valence-corrected chi connectivity index (χ0v) is 14.7. The summed E-state index contributed by atoms with van der Waals surface area (Å²) in [6.45, 7) is 0. The van der Waals surface area contributed by atoms with Crippen LogP contribution >= 0.6 is 0 Å². The normalized spacial score (nSPS) is 13.0. The number of anilines is 1. The van der Waals surface area contributed by atoms with Crippen molar-refractivity contribution in [2.24, 2.45) is 0 Å². The molecule has 1 heterocycles. The van der Waals surface area contributed by atoms with E-state index in [1.54, 1.807) is 30.6 Å². The van der Waals surface area contributed by atoms with E-state index in [9.17, 15) is 9.59 Å². The van der Waals surface area contributed by atoms with Gasteiger partial charge in [0.05, 0.1) is 5.56 Å². The Morgan fingerprint density at radius 2 is 1.56 bits per heavy atom. The summed E-state index contributed by atoms with van der Waals surface area (Å²) in [6, 6.07) is 18.8. The van der Waals surface area contributed by atoms with Crippen LogP contribution in [0, 0.1) is 0 Å². The van der Waals surface area contributed by atoms with E-state index < -0.39 is 0 Å². The van der Waals surface area contributed by atoms with Gasteiger partial charge in [-0.25, -0.2) is 0 Å². The third kappa shape index (κ3) is 4.20. The van der Waals surface area contributed by atoms with Gasteiger partial charge in [-0.05, 0) is 48.7 Å². The fourth-order valence-electron chi connectivity index (χ4n) is 2.76. The van der Waals surface area contributed by atoms with Gasteiger partial charge in [-0.1, -0.05) is 30.3 Å². The van der Waals surface area contributed by atoms with Crippen molar-refractivity contribution < 1.29 is 9.59 Å². The molecule has 0 radical (unpaired) electrons. The highest BCUT2D eigenvalue weighted by atomic mass is 16.2. The lowest BCUT2D eigenvalue weighted by Crippen LogP contribution is -2.25. The molecule has 1 fully saturated rings. The first-order valence-electron chi connectivity index (χ1n) is 8.92. The molecular weight excluding hydrogens is 338 g/mol. The zero-order valence-electron chi connectivity index (χ0n) is 14.7. The molecule has 0 unspecified atom stereocenters. The molecule has 0 spiro atoms. The third-order valence-electron chi connectivity index (χ3n) is 4.43. The van der Waals surface area contributed by atoms with Gasteiger partial charge in [0.25, 0.3) is 11.8 Å². The monoisotopic (exact) mass is 357 g/mol. The lowest BCUT2D eigenvalue weighted by atomic mass is 10.0. The van der Waals surface area contributed by atoms with E-state index in [2.05, 4.69) is 15.6 Å². The number of carbonyl (C=O) groups excluding carboxylic acids is 2. The molecular formula is C22H19N3O2. The van der Waals surface area contributed by atoms with Crippen molar-refractivity contribution in [3.8, 4) is 11.1 Å². The first-order valence-corrected chi connectivity index (χ1v) is 8.92.